The summed E-state index contributed by atoms with van der Waals surface area (Å²) in [6.07, 6.45) is 2.74. The molecule has 1 aromatic carbocycles. The zero-order valence-corrected chi connectivity index (χ0v) is 17.4. The number of nitrogens with two attached hydrogens (primary N) is 1. The Morgan fingerprint density at radius 3 is 2.41 bits per heavy atom. The van der Waals surface area contributed by atoms with Crippen LogP contribution in [-0.4, -0.2) is 53.8 Å². The van der Waals surface area contributed by atoms with Gasteiger partial charge in [-0.2, -0.15) is 0 Å². The van der Waals surface area contributed by atoms with Crippen molar-refractivity contribution in [1.82, 2.24) is 9.80 Å². The number of likely N-dealkylation sites (tertiary alicyclic amines) is 2. The lowest BCUT2D eigenvalue weighted by Crippen LogP contribution is -2.47. The molecule has 2 aliphatic heterocycles. The molecule has 5 nitrogen and oxygen atoms in total. The van der Waals surface area contributed by atoms with Gasteiger partial charge in [0, 0.05) is 31.2 Å². The third-order valence-corrected chi connectivity index (χ3v) is 5.80. The average molecular weight is 394 g/mol. The van der Waals surface area contributed by atoms with E-state index in [1.807, 2.05) is 35.8 Å². The molecule has 3 rings (SSSR count). The van der Waals surface area contributed by atoms with Crippen LogP contribution in [0.1, 0.15) is 47.7 Å². The van der Waals surface area contributed by atoms with Gasteiger partial charge in [-0.15, -0.1) is 12.4 Å². The maximum Gasteiger partial charge on any atom is 0.253 e. The van der Waals surface area contributed by atoms with Gasteiger partial charge < -0.3 is 15.5 Å². The lowest BCUT2D eigenvalue weighted by atomic mass is 9.95. The molecule has 0 aliphatic carbocycles. The topological polar surface area (TPSA) is 66.6 Å². The third kappa shape index (κ3) is 4.82. The number of benzene rings is 1. The fraction of sp³-hybridized carbons (Fsp3) is 0.619. The lowest BCUT2D eigenvalue weighted by molar-refractivity contribution is -0.137. The number of rotatable bonds is 3. The van der Waals surface area contributed by atoms with E-state index in [2.05, 4.69) is 13.0 Å². The van der Waals surface area contributed by atoms with Crippen LogP contribution in [0.5, 0.6) is 0 Å². The highest BCUT2D eigenvalue weighted by Crippen LogP contribution is 2.27. The van der Waals surface area contributed by atoms with Gasteiger partial charge in [0.15, 0.2) is 0 Å². The first-order chi connectivity index (χ1) is 12.4. The molecule has 1 aromatic rings. The minimum Gasteiger partial charge on any atom is -0.339 e. The van der Waals surface area contributed by atoms with Gasteiger partial charge in [-0.3, -0.25) is 9.59 Å². The summed E-state index contributed by atoms with van der Waals surface area (Å²) in [6.45, 7) is 8.78. The van der Waals surface area contributed by atoms with E-state index in [1.165, 1.54) is 0 Å². The van der Waals surface area contributed by atoms with E-state index < -0.39 is 0 Å². The number of aryl methyl sites for hydroxylation is 2. The van der Waals surface area contributed by atoms with Crippen molar-refractivity contribution in [2.75, 3.05) is 26.2 Å². The van der Waals surface area contributed by atoms with Crippen molar-refractivity contribution in [3.8, 4) is 0 Å². The van der Waals surface area contributed by atoms with Crippen LogP contribution in [0.4, 0.5) is 0 Å². The summed E-state index contributed by atoms with van der Waals surface area (Å²) < 4.78 is 0. The standard InChI is InChI=1S/C21H31N3O2.ClH/c1-14-7-15(2)9-19(8-14)20(25)23-6-4-5-18(13-23)21(26)24-12-17(11-22)10-16(24)3;/h7-9,16-18H,4-6,10-13,22H2,1-3H3;1H. The Labute approximate surface area is 168 Å². The quantitative estimate of drug-likeness (QED) is 0.858. The number of halogens is 1. The van der Waals surface area contributed by atoms with E-state index in [0.717, 1.165) is 49.0 Å². The molecule has 2 heterocycles. The van der Waals surface area contributed by atoms with Gasteiger partial charge in [0.1, 0.15) is 0 Å². The van der Waals surface area contributed by atoms with Crippen molar-refractivity contribution in [3.63, 3.8) is 0 Å². The number of hydrogen-bond donors (Lipinski definition) is 1. The number of nitrogens with zero attached hydrogens (tertiary/aromatic N) is 2. The van der Waals surface area contributed by atoms with Crippen molar-refractivity contribution in [1.29, 1.82) is 0 Å². The van der Waals surface area contributed by atoms with Gasteiger partial charge in [-0.05, 0) is 64.6 Å². The van der Waals surface area contributed by atoms with Gasteiger partial charge >= 0.3 is 0 Å². The van der Waals surface area contributed by atoms with Crippen LogP contribution in [0.25, 0.3) is 0 Å². The van der Waals surface area contributed by atoms with Crippen molar-refractivity contribution in [3.05, 3.63) is 34.9 Å². The second-order valence-corrected chi connectivity index (χ2v) is 8.14. The van der Waals surface area contributed by atoms with Crippen molar-refractivity contribution < 1.29 is 9.59 Å². The van der Waals surface area contributed by atoms with Crippen LogP contribution in [-0.2, 0) is 4.79 Å². The molecule has 2 N–H and O–H groups in total. The van der Waals surface area contributed by atoms with Crippen LogP contribution in [0.3, 0.4) is 0 Å². The summed E-state index contributed by atoms with van der Waals surface area (Å²) in [5.74, 6) is 0.568. The molecule has 3 atom stereocenters. The predicted octanol–water partition coefficient (Wildman–Crippen LogP) is 2.77. The van der Waals surface area contributed by atoms with E-state index in [4.69, 9.17) is 5.73 Å². The fourth-order valence-corrected chi connectivity index (χ4v) is 4.50. The number of piperidine rings is 1. The van der Waals surface area contributed by atoms with Gasteiger partial charge in [0.25, 0.3) is 5.91 Å². The van der Waals surface area contributed by atoms with Crippen LogP contribution >= 0.6 is 12.4 Å². The SMILES string of the molecule is Cc1cc(C)cc(C(=O)N2CCCC(C(=O)N3CC(CN)CC3C)C2)c1.Cl. The van der Waals surface area contributed by atoms with Gasteiger partial charge in [0.2, 0.25) is 5.91 Å². The first kappa shape index (κ1) is 21.7. The molecule has 6 heteroatoms. The second kappa shape index (κ2) is 9.07. The van der Waals surface area contributed by atoms with Crippen LogP contribution in [0.15, 0.2) is 18.2 Å². The minimum atomic E-state index is -0.0856. The van der Waals surface area contributed by atoms with Crippen LogP contribution in [0, 0.1) is 25.7 Å². The summed E-state index contributed by atoms with van der Waals surface area (Å²) in [6, 6.07) is 6.20. The lowest BCUT2D eigenvalue weighted by Gasteiger charge is -2.35. The highest BCUT2D eigenvalue weighted by molar-refractivity contribution is 5.95. The molecule has 2 aliphatic rings. The summed E-state index contributed by atoms with van der Waals surface area (Å²) in [5.41, 5.74) is 8.71. The Bertz CT molecular complexity index is 674. The predicted molar refractivity (Wildman–Crippen MR) is 110 cm³/mol. The van der Waals surface area contributed by atoms with Crippen LogP contribution in [0.2, 0.25) is 0 Å². The first-order valence-corrected chi connectivity index (χ1v) is 9.77. The average Bonchev–Trinajstić information content (AvgIpc) is 3.00. The summed E-state index contributed by atoms with van der Waals surface area (Å²) in [7, 11) is 0. The maximum atomic E-state index is 13.0. The third-order valence-electron chi connectivity index (χ3n) is 5.80. The summed E-state index contributed by atoms with van der Waals surface area (Å²) in [5, 5.41) is 0. The Morgan fingerprint density at radius 1 is 1.15 bits per heavy atom. The Hall–Kier alpha value is -1.59. The zero-order chi connectivity index (χ0) is 18.8. The van der Waals surface area contributed by atoms with Gasteiger partial charge in [0.05, 0.1) is 5.92 Å². The molecule has 0 bridgehead atoms. The molecule has 2 fully saturated rings. The monoisotopic (exact) mass is 393 g/mol. The van der Waals surface area contributed by atoms with E-state index in [1.54, 1.807) is 0 Å². The minimum absolute atomic E-state index is 0. The Morgan fingerprint density at radius 2 is 1.81 bits per heavy atom. The largest absolute Gasteiger partial charge is 0.339 e. The van der Waals surface area contributed by atoms with E-state index >= 15 is 0 Å². The van der Waals surface area contributed by atoms with E-state index in [-0.39, 0.29) is 36.2 Å². The molecule has 2 amide bonds. The molecule has 150 valence electrons. The van der Waals surface area contributed by atoms with Crippen LogP contribution < -0.4 is 5.73 Å². The number of carbonyl (C=O) groups excluding carboxylic acids is 2. The Balaban J connectivity index is 0.00000261. The second-order valence-electron chi connectivity index (χ2n) is 8.14. The molecular formula is C21H32ClN3O2. The van der Waals surface area contributed by atoms with Gasteiger partial charge in [-0.1, -0.05) is 17.2 Å². The van der Waals surface area contributed by atoms with Crippen molar-refractivity contribution in [2.45, 2.75) is 46.1 Å². The molecule has 0 aromatic heterocycles. The zero-order valence-electron chi connectivity index (χ0n) is 16.6. The number of amides is 2. The highest BCUT2D eigenvalue weighted by Gasteiger charge is 2.37. The highest BCUT2D eigenvalue weighted by atomic mass is 35.5. The smallest absolute Gasteiger partial charge is 0.253 e. The van der Waals surface area contributed by atoms with Crippen molar-refractivity contribution in [2.24, 2.45) is 17.6 Å². The first-order valence-electron chi connectivity index (χ1n) is 9.77. The fourth-order valence-electron chi connectivity index (χ4n) is 4.50. The maximum absolute atomic E-state index is 13.0. The molecule has 2 saturated heterocycles. The van der Waals surface area contributed by atoms with E-state index in [0.29, 0.717) is 19.0 Å². The summed E-state index contributed by atoms with van der Waals surface area (Å²) >= 11 is 0. The molecule has 0 saturated carbocycles. The molecule has 27 heavy (non-hydrogen) atoms. The van der Waals surface area contributed by atoms with E-state index in [9.17, 15) is 9.59 Å². The summed E-state index contributed by atoms with van der Waals surface area (Å²) in [4.78, 5) is 29.8. The molecule has 0 radical (unpaired) electrons. The molecule has 0 spiro atoms. The molecule has 3 unspecified atom stereocenters. The normalized spacial score (nSPS) is 25.3. The molecular weight excluding hydrogens is 362 g/mol. The van der Waals surface area contributed by atoms with Gasteiger partial charge in [-0.25, -0.2) is 0 Å². The number of hydrogen-bond acceptors (Lipinski definition) is 3. The van der Waals surface area contributed by atoms with Crippen molar-refractivity contribution >= 4 is 24.2 Å². The Kier molecular flexibility index (Phi) is 7.29. The number of carbonyl (C=O) groups is 2.